The van der Waals surface area contributed by atoms with Gasteiger partial charge in [0, 0.05) is 27.9 Å². The first-order valence-corrected chi connectivity index (χ1v) is 7.62. The molecule has 0 saturated carbocycles. The Kier molecular flexibility index (Phi) is 4.63. The van der Waals surface area contributed by atoms with E-state index < -0.39 is 0 Å². The van der Waals surface area contributed by atoms with Gasteiger partial charge in [0.05, 0.1) is 25.6 Å². The second-order valence-corrected chi connectivity index (χ2v) is 6.49. The molecule has 4 nitrogen and oxygen atoms in total. The summed E-state index contributed by atoms with van der Waals surface area (Å²) >= 11 is 1.81. The average Bonchev–Trinajstić information content (AvgIpc) is 2.79. The number of nitrogens with one attached hydrogen (secondary N) is 1. The van der Waals surface area contributed by atoms with Gasteiger partial charge in [-0.2, -0.15) is 0 Å². The van der Waals surface area contributed by atoms with Crippen molar-refractivity contribution >= 4 is 22.7 Å². The van der Waals surface area contributed by atoms with Crippen LogP contribution in [0.15, 0.2) is 18.2 Å². The molecule has 1 aromatic carbocycles. The van der Waals surface area contributed by atoms with E-state index in [0.717, 1.165) is 5.69 Å². The van der Waals surface area contributed by atoms with Crippen molar-refractivity contribution in [2.24, 2.45) is 0 Å². The minimum Gasteiger partial charge on any atom is -0.493 e. The van der Waals surface area contributed by atoms with Crippen molar-refractivity contribution in [2.45, 2.75) is 26.8 Å². The van der Waals surface area contributed by atoms with Crippen molar-refractivity contribution in [1.29, 1.82) is 0 Å². The topological polar surface area (TPSA) is 56.5 Å². The molecular weight excluding hydrogens is 284 g/mol. The van der Waals surface area contributed by atoms with Crippen molar-refractivity contribution < 1.29 is 9.47 Å². The number of ether oxygens (including phenoxy) is 2. The average molecular weight is 306 g/mol. The molecule has 3 N–H and O–H groups in total. The van der Waals surface area contributed by atoms with E-state index in [2.05, 4.69) is 32.2 Å². The quantitative estimate of drug-likeness (QED) is 0.815. The number of benzene rings is 1. The second kappa shape index (κ2) is 6.26. The molecule has 1 heterocycles. The lowest BCUT2D eigenvalue weighted by Gasteiger charge is -2.19. The van der Waals surface area contributed by atoms with Crippen LogP contribution >= 0.6 is 11.3 Å². The number of methoxy groups -OCH3 is 2. The molecule has 0 amide bonds. The first-order chi connectivity index (χ1) is 9.96. The fraction of sp³-hybridized carbons (Fsp3) is 0.375. The van der Waals surface area contributed by atoms with E-state index in [-0.39, 0.29) is 6.04 Å². The van der Waals surface area contributed by atoms with Gasteiger partial charge in [0.25, 0.3) is 0 Å². The summed E-state index contributed by atoms with van der Waals surface area (Å²) in [6.45, 7) is 6.40. The van der Waals surface area contributed by atoms with Crippen molar-refractivity contribution in [1.82, 2.24) is 0 Å². The van der Waals surface area contributed by atoms with Crippen LogP contribution in [-0.2, 0) is 0 Å². The highest BCUT2D eigenvalue weighted by molar-refractivity contribution is 7.12. The lowest BCUT2D eigenvalue weighted by atomic mass is 10.1. The number of hydrogen-bond donors (Lipinski definition) is 2. The Morgan fingerprint density at radius 1 is 1.10 bits per heavy atom. The van der Waals surface area contributed by atoms with Crippen molar-refractivity contribution in [3.8, 4) is 11.5 Å². The summed E-state index contributed by atoms with van der Waals surface area (Å²) in [5, 5.41) is 3.45. The van der Waals surface area contributed by atoms with Gasteiger partial charge in [-0.3, -0.25) is 0 Å². The van der Waals surface area contributed by atoms with E-state index in [1.807, 2.05) is 17.4 Å². The minimum absolute atomic E-state index is 0.176. The Morgan fingerprint density at radius 2 is 1.71 bits per heavy atom. The Labute approximate surface area is 129 Å². The fourth-order valence-corrected chi connectivity index (χ4v) is 3.43. The van der Waals surface area contributed by atoms with Crippen LogP contribution in [0.4, 0.5) is 11.4 Å². The third-order valence-corrected chi connectivity index (χ3v) is 4.46. The summed E-state index contributed by atoms with van der Waals surface area (Å²) in [7, 11) is 3.22. The Hall–Kier alpha value is -1.88. The van der Waals surface area contributed by atoms with Crippen LogP contribution < -0.4 is 20.5 Å². The van der Waals surface area contributed by atoms with Crippen molar-refractivity contribution in [3.63, 3.8) is 0 Å². The molecule has 1 aromatic heterocycles. The number of aryl methyl sites for hydroxylation is 2. The van der Waals surface area contributed by atoms with E-state index >= 15 is 0 Å². The molecule has 114 valence electrons. The summed E-state index contributed by atoms with van der Waals surface area (Å²) in [6, 6.07) is 6.04. The zero-order valence-electron chi connectivity index (χ0n) is 13.1. The number of nitrogen functional groups attached to an aromatic ring is 1. The number of anilines is 2. The molecule has 0 aliphatic heterocycles. The molecule has 21 heavy (non-hydrogen) atoms. The van der Waals surface area contributed by atoms with E-state index in [1.165, 1.54) is 15.3 Å². The predicted octanol–water partition coefficient (Wildman–Crippen LogP) is 4.14. The highest BCUT2D eigenvalue weighted by Crippen LogP contribution is 2.37. The van der Waals surface area contributed by atoms with Crippen molar-refractivity contribution in [2.75, 3.05) is 25.3 Å². The molecular formula is C16H22N2O2S. The van der Waals surface area contributed by atoms with Gasteiger partial charge in [-0.05, 0) is 32.4 Å². The van der Waals surface area contributed by atoms with Crippen LogP contribution in [0.1, 0.15) is 28.3 Å². The molecule has 0 aliphatic rings. The molecule has 1 unspecified atom stereocenters. The van der Waals surface area contributed by atoms with E-state index in [1.54, 1.807) is 20.3 Å². The maximum Gasteiger partial charge on any atom is 0.162 e. The van der Waals surface area contributed by atoms with E-state index in [9.17, 15) is 0 Å². The third kappa shape index (κ3) is 3.24. The molecule has 2 rings (SSSR count). The number of rotatable bonds is 5. The SMILES string of the molecule is COc1cc(N)c(NC(C)c2cc(C)sc2C)cc1OC. The summed E-state index contributed by atoms with van der Waals surface area (Å²) in [5.41, 5.74) is 8.89. The standard InChI is InChI=1S/C16H22N2O2S/c1-9-6-12(11(3)21-9)10(2)18-14-8-16(20-5)15(19-4)7-13(14)17/h6-8,10,18H,17H2,1-5H3. The maximum absolute atomic E-state index is 6.09. The van der Waals surface area contributed by atoms with Crippen LogP contribution in [0.5, 0.6) is 11.5 Å². The zero-order chi connectivity index (χ0) is 15.6. The lowest BCUT2D eigenvalue weighted by molar-refractivity contribution is 0.355. The molecule has 0 aliphatic carbocycles. The number of hydrogen-bond acceptors (Lipinski definition) is 5. The largest absolute Gasteiger partial charge is 0.493 e. The van der Waals surface area contributed by atoms with Crippen LogP contribution in [-0.4, -0.2) is 14.2 Å². The van der Waals surface area contributed by atoms with Gasteiger partial charge in [-0.1, -0.05) is 0 Å². The second-order valence-electron chi connectivity index (χ2n) is 5.03. The molecule has 5 heteroatoms. The molecule has 1 atom stereocenters. The Morgan fingerprint density at radius 3 is 2.24 bits per heavy atom. The summed E-state index contributed by atoms with van der Waals surface area (Å²) in [4.78, 5) is 2.64. The lowest BCUT2D eigenvalue weighted by Crippen LogP contribution is -2.09. The molecule has 0 fully saturated rings. The number of nitrogens with two attached hydrogens (primary N) is 1. The first-order valence-electron chi connectivity index (χ1n) is 6.81. The van der Waals surface area contributed by atoms with Gasteiger partial charge in [-0.15, -0.1) is 11.3 Å². The van der Waals surface area contributed by atoms with Gasteiger partial charge < -0.3 is 20.5 Å². The van der Waals surface area contributed by atoms with Gasteiger partial charge in [0.2, 0.25) is 0 Å². The van der Waals surface area contributed by atoms with Gasteiger partial charge in [0.15, 0.2) is 11.5 Å². The highest BCUT2D eigenvalue weighted by Gasteiger charge is 2.14. The van der Waals surface area contributed by atoms with E-state index in [0.29, 0.717) is 17.2 Å². The molecule has 0 saturated heterocycles. The highest BCUT2D eigenvalue weighted by atomic mass is 32.1. The summed E-state index contributed by atoms with van der Waals surface area (Å²) in [6.07, 6.45) is 0. The third-order valence-electron chi connectivity index (χ3n) is 3.47. The predicted molar refractivity (Wildman–Crippen MR) is 89.8 cm³/mol. The normalized spacial score (nSPS) is 12.0. The van der Waals surface area contributed by atoms with Crippen LogP contribution in [0.25, 0.3) is 0 Å². The summed E-state index contributed by atoms with van der Waals surface area (Å²) in [5.74, 6) is 1.30. The Balaban J connectivity index is 2.28. The minimum atomic E-state index is 0.176. The van der Waals surface area contributed by atoms with Gasteiger partial charge in [0.1, 0.15) is 0 Å². The zero-order valence-corrected chi connectivity index (χ0v) is 13.9. The smallest absolute Gasteiger partial charge is 0.162 e. The monoisotopic (exact) mass is 306 g/mol. The van der Waals surface area contributed by atoms with Crippen LogP contribution in [0.3, 0.4) is 0 Å². The van der Waals surface area contributed by atoms with Crippen LogP contribution in [0, 0.1) is 13.8 Å². The fourth-order valence-electron chi connectivity index (χ4n) is 2.41. The van der Waals surface area contributed by atoms with Gasteiger partial charge in [-0.25, -0.2) is 0 Å². The van der Waals surface area contributed by atoms with Crippen molar-refractivity contribution in [3.05, 3.63) is 33.5 Å². The summed E-state index contributed by atoms with van der Waals surface area (Å²) < 4.78 is 10.6. The van der Waals surface area contributed by atoms with Crippen LogP contribution in [0.2, 0.25) is 0 Å². The first kappa shape index (κ1) is 15.5. The maximum atomic E-state index is 6.09. The number of thiophene rings is 1. The molecule has 0 radical (unpaired) electrons. The van der Waals surface area contributed by atoms with Gasteiger partial charge >= 0.3 is 0 Å². The molecule has 0 bridgehead atoms. The van der Waals surface area contributed by atoms with E-state index in [4.69, 9.17) is 15.2 Å². The molecule has 0 spiro atoms. The Bertz CT molecular complexity index is 637. The molecule has 2 aromatic rings.